The summed E-state index contributed by atoms with van der Waals surface area (Å²) in [6.45, 7) is 0.497. The van der Waals surface area contributed by atoms with Crippen molar-refractivity contribution in [1.29, 1.82) is 0 Å². The van der Waals surface area contributed by atoms with Crippen molar-refractivity contribution in [2.45, 2.75) is 12.5 Å². The minimum absolute atomic E-state index is 0.0942. The Kier molecular flexibility index (Phi) is 5.67. The Morgan fingerprint density at radius 3 is 2.41 bits per heavy atom. The van der Waals surface area contributed by atoms with Crippen molar-refractivity contribution in [1.82, 2.24) is 15.1 Å². The van der Waals surface area contributed by atoms with Crippen LogP contribution in [-0.4, -0.2) is 46.9 Å². The fraction of sp³-hybridized carbons (Fsp3) is 0.185. The lowest BCUT2D eigenvalue weighted by atomic mass is 9.96. The summed E-state index contributed by atoms with van der Waals surface area (Å²) < 4.78 is 10.8. The van der Waals surface area contributed by atoms with Crippen LogP contribution < -0.4 is 9.47 Å². The molecule has 1 atom stereocenters. The first kappa shape index (κ1) is 21.6. The highest BCUT2D eigenvalue weighted by Gasteiger charge is 2.41. The van der Waals surface area contributed by atoms with E-state index >= 15 is 0 Å². The Bertz CT molecular complexity index is 1320. The predicted molar refractivity (Wildman–Crippen MR) is 128 cm³/mol. The molecule has 4 aromatic rings. The van der Waals surface area contributed by atoms with Gasteiger partial charge in [0.05, 0.1) is 26.0 Å². The second-order valence-corrected chi connectivity index (χ2v) is 8.16. The van der Waals surface area contributed by atoms with Crippen molar-refractivity contribution in [3.63, 3.8) is 0 Å². The van der Waals surface area contributed by atoms with Gasteiger partial charge in [-0.05, 0) is 41.8 Å². The number of benzene rings is 3. The highest BCUT2D eigenvalue weighted by atomic mass is 16.5. The van der Waals surface area contributed by atoms with E-state index in [0.717, 1.165) is 27.9 Å². The maximum atomic E-state index is 13.5. The summed E-state index contributed by atoms with van der Waals surface area (Å²) in [6.07, 6.45) is 0.638. The van der Waals surface area contributed by atoms with Gasteiger partial charge in [0.15, 0.2) is 11.5 Å². The summed E-state index contributed by atoms with van der Waals surface area (Å²) in [7, 11) is 3.21. The third kappa shape index (κ3) is 3.75. The molecular weight excluding hydrogens is 430 g/mol. The maximum absolute atomic E-state index is 13.5. The molecular formula is C27H25N3O4. The Labute approximate surface area is 197 Å². The van der Waals surface area contributed by atoms with Crippen LogP contribution in [0.3, 0.4) is 0 Å². The van der Waals surface area contributed by atoms with Crippen molar-refractivity contribution < 1.29 is 19.4 Å². The lowest BCUT2D eigenvalue weighted by Gasteiger charge is -2.26. The summed E-state index contributed by atoms with van der Waals surface area (Å²) >= 11 is 0. The van der Waals surface area contributed by atoms with E-state index in [2.05, 4.69) is 10.2 Å². The largest absolute Gasteiger partial charge is 0.508 e. The third-order valence-corrected chi connectivity index (χ3v) is 6.21. The van der Waals surface area contributed by atoms with Crippen LogP contribution in [0.15, 0.2) is 72.8 Å². The monoisotopic (exact) mass is 455 g/mol. The molecule has 0 spiro atoms. The van der Waals surface area contributed by atoms with Crippen LogP contribution in [-0.2, 0) is 6.42 Å². The number of aromatic hydroxyl groups is 1. The number of H-pyrrole nitrogens is 1. The first-order valence-electron chi connectivity index (χ1n) is 11.0. The topological polar surface area (TPSA) is 87.7 Å². The number of carbonyl (C=O) groups is 1. The van der Waals surface area contributed by atoms with Gasteiger partial charge in [0.2, 0.25) is 0 Å². The van der Waals surface area contributed by atoms with Gasteiger partial charge in [0.1, 0.15) is 11.4 Å². The molecule has 0 radical (unpaired) electrons. The molecule has 7 nitrogen and oxygen atoms in total. The zero-order valence-corrected chi connectivity index (χ0v) is 19.0. The average molecular weight is 456 g/mol. The molecule has 1 amide bonds. The minimum Gasteiger partial charge on any atom is -0.508 e. The number of carbonyl (C=O) groups excluding carboxylic acids is 1. The van der Waals surface area contributed by atoms with Gasteiger partial charge in [-0.15, -0.1) is 0 Å². The Balaban J connectivity index is 1.52. The summed E-state index contributed by atoms with van der Waals surface area (Å²) in [5.74, 6) is 1.41. The van der Waals surface area contributed by atoms with E-state index in [9.17, 15) is 9.90 Å². The number of fused-ring (bicyclic) bond motifs is 1. The summed E-state index contributed by atoms with van der Waals surface area (Å²) in [6, 6.07) is 22.3. The van der Waals surface area contributed by atoms with Gasteiger partial charge in [-0.2, -0.15) is 5.10 Å². The first-order valence-corrected chi connectivity index (χ1v) is 11.0. The van der Waals surface area contributed by atoms with Gasteiger partial charge < -0.3 is 19.5 Å². The zero-order valence-electron chi connectivity index (χ0n) is 19.0. The van der Waals surface area contributed by atoms with Crippen LogP contribution in [0.1, 0.15) is 33.2 Å². The molecule has 1 aliphatic heterocycles. The summed E-state index contributed by atoms with van der Waals surface area (Å²) in [5.41, 5.74) is 5.01. The lowest BCUT2D eigenvalue weighted by Crippen LogP contribution is -2.31. The number of aromatic amines is 1. The molecule has 3 aromatic carbocycles. The second kappa shape index (κ2) is 8.94. The number of phenolic OH excluding ortho intramolecular Hbond substituents is 1. The zero-order chi connectivity index (χ0) is 23.7. The van der Waals surface area contributed by atoms with E-state index in [1.807, 2.05) is 65.6 Å². The lowest BCUT2D eigenvalue weighted by molar-refractivity contribution is 0.0746. The molecule has 5 rings (SSSR count). The molecule has 34 heavy (non-hydrogen) atoms. The SMILES string of the molecule is COc1ccc(CCN2C(=O)c3[nH]nc(-c4ccccc4)c3C2c2ccc(O)cc2)cc1OC. The van der Waals surface area contributed by atoms with Crippen LogP contribution in [0.5, 0.6) is 17.2 Å². The van der Waals surface area contributed by atoms with Crippen molar-refractivity contribution in [2.75, 3.05) is 20.8 Å². The summed E-state index contributed by atoms with van der Waals surface area (Å²) in [5, 5.41) is 17.3. The van der Waals surface area contributed by atoms with Gasteiger partial charge in [-0.3, -0.25) is 9.89 Å². The Hall–Kier alpha value is -4.26. The molecule has 1 aromatic heterocycles. The first-order chi connectivity index (χ1) is 16.6. The number of hydrogen-bond acceptors (Lipinski definition) is 5. The molecule has 0 saturated heterocycles. The van der Waals surface area contributed by atoms with E-state index in [-0.39, 0.29) is 17.7 Å². The number of nitrogens with zero attached hydrogens (tertiary/aromatic N) is 2. The van der Waals surface area contributed by atoms with Gasteiger partial charge in [0.25, 0.3) is 5.91 Å². The third-order valence-electron chi connectivity index (χ3n) is 6.21. The molecule has 0 saturated carbocycles. The number of methoxy groups -OCH3 is 2. The van der Waals surface area contributed by atoms with E-state index in [1.54, 1.807) is 26.4 Å². The fourth-order valence-corrected chi connectivity index (χ4v) is 4.53. The molecule has 1 unspecified atom stereocenters. The Morgan fingerprint density at radius 2 is 1.71 bits per heavy atom. The van der Waals surface area contributed by atoms with Gasteiger partial charge in [0, 0.05) is 17.7 Å². The van der Waals surface area contributed by atoms with E-state index in [0.29, 0.717) is 30.2 Å². The number of aromatic nitrogens is 2. The van der Waals surface area contributed by atoms with Crippen LogP contribution in [0.4, 0.5) is 0 Å². The van der Waals surface area contributed by atoms with Crippen molar-refractivity contribution >= 4 is 5.91 Å². The quantitative estimate of drug-likeness (QED) is 0.426. The number of amides is 1. The fourth-order valence-electron chi connectivity index (χ4n) is 4.53. The highest BCUT2D eigenvalue weighted by Crippen LogP contribution is 2.43. The molecule has 0 fully saturated rings. The average Bonchev–Trinajstić information content (AvgIpc) is 3.42. The standard InChI is InChI=1S/C27H25N3O4/c1-33-21-13-8-17(16-22(21)34-2)14-15-30-26(19-9-11-20(31)12-10-19)23-24(18-6-4-3-5-7-18)28-29-25(23)27(30)32/h3-13,16,26,31H,14-15H2,1-2H3,(H,28,29). The van der Waals surface area contributed by atoms with Crippen molar-refractivity contribution in [3.8, 4) is 28.5 Å². The smallest absolute Gasteiger partial charge is 0.273 e. The molecule has 172 valence electrons. The molecule has 2 heterocycles. The summed E-state index contributed by atoms with van der Waals surface area (Å²) in [4.78, 5) is 15.4. The van der Waals surface area contributed by atoms with Crippen LogP contribution >= 0.6 is 0 Å². The molecule has 1 aliphatic rings. The van der Waals surface area contributed by atoms with Crippen LogP contribution in [0, 0.1) is 0 Å². The molecule has 2 N–H and O–H groups in total. The highest BCUT2D eigenvalue weighted by molar-refractivity contribution is 6.00. The van der Waals surface area contributed by atoms with E-state index in [4.69, 9.17) is 9.47 Å². The number of hydrogen-bond donors (Lipinski definition) is 2. The second-order valence-electron chi connectivity index (χ2n) is 8.16. The van der Waals surface area contributed by atoms with E-state index in [1.165, 1.54) is 0 Å². The number of phenols is 1. The normalized spacial score (nSPS) is 14.8. The minimum atomic E-state index is -0.322. The molecule has 7 heteroatoms. The van der Waals surface area contributed by atoms with Crippen LogP contribution in [0.25, 0.3) is 11.3 Å². The number of nitrogens with one attached hydrogen (secondary N) is 1. The maximum Gasteiger partial charge on any atom is 0.273 e. The van der Waals surface area contributed by atoms with Gasteiger partial charge in [-0.1, -0.05) is 48.5 Å². The predicted octanol–water partition coefficient (Wildman–Crippen LogP) is 4.59. The van der Waals surface area contributed by atoms with Gasteiger partial charge >= 0.3 is 0 Å². The Morgan fingerprint density at radius 1 is 0.971 bits per heavy atom. The van der Waals surface area contributed by atoms with Gasteiger partial charge in [-0.25, -0.2) is 0 Å². The molecule has 0 aliphatic carbocycles. The van der Waals surface area contributed by atoms with Crippen molar-refractivity contribution in [2.24, 2.45) is 0 Å². The molecule has 0 bridgehead atoms. The van der Waals surface area contributed by atoms with Crippen molar-refractivity contribution in [3.05, 3.63) is 95.2 Å². The van der Waals surface area contributed by atoms with E-state index < -0.39 is 0 Å². The van der Waals surface area contributed by atoms with Crippen LogP contribution in [0.2, 0.25) is 0 Å². The number of rotatable bonds is 7. The number of ether oxygens (including phenoxy) is 2.